The standard InChI is InChI=1S/C6H11FO4/c1-3(9)5(10)6(11)4(7)2-8/h2-6,9-11H,1H3/t3-,4+,5+,6-/m0/s1. The van der Waals surface area contributed by atoms with Crippen molar-refractivity contribution >= 4 is 6.29 Å². The Morgan fingerprint density at radius 1 is 1.27 bits per heavy atom. The van der Waals surface area contributed by atoms with Crippen molar-refractivity contribution in [2.75, 3.05) is 0 Å². The molecule has 0 aliphatic carbocycles. The van der Waals surface area contributed by atoms with Crippen molar-refractivity contribution in [3.63, 3.8) is 0 Å². The summed E-state index contributed by atoms with van der Waals surface area (Å²) in [4.78, 5) is 9.75. The second kappa shape index (κ2) is 4.38. The minimum absolute atomic E-state index is 0.129. The summed E-state index contributed by atoms with van der Waals surface area (Å²) in [5, 5.41) is 26.2. The average molecular weight is 166 g/mol. The topological polar surface area (TPSA) is 77.8 Å². The van der Waals surface area contributed by atoms with Crippen molar-refractivity contribution in [1.82, 2.24) is 0 Å². The smallest absolute Gasteiger partial charge is 0.183 e. The molecule has 3 N–H and O–H groups in total. The lowest BCUT2D eigenvalue weighted by molar-refractivity contribution is -0.123. The van der Waals surface area contributed by atoms with E-state index >= 15 is 0 Å². The number of carbonyl (C=O) groups is 1. The molecule has 0 spiro atoms. The number of alkyl halides is 1. The Kier molecular flexibility index (Phi) is 4.17. The van der Waals surface area contributed by atoms with E-state index in [0.29, 0.717) is 0 Å². The van der Waals surface area contributed by atoms with Crippen LogP contribution < -0.4 is 0 Å². The fourth-order valence-corrected chi connectivity index (χ4v) is 0.554. The molecule has 4 atom stereocenters. The molecular formula is C6H11FO4. The second-order valence-corrected chi connectivity index (χ2v) is 2.30. The average Bonchev–Trinajstić information content (AvgIpc) is 2.00. The van der Waals surface area contributed by atoms with Gasteiger partial charge in [0.25, 0.3) is 0 Å². The van der Waals surface area contributed by atoms with E-state index in [0.717, 1.165) is 0 Å². The van der Waals surface area contributed by atoms with Crippen molar-refractivity contribution < 1.29 is 24.5 Å². The van der Waals surface area contributed by atoms with Crippen LogP contribution in [0, 0.1) is 0 Å². The van der Waals surface area contributed by atoms with Crippen LogP contribution in [0.2, 0.25) is 0 Å². The van der Waals surface area contributed by atoms with E-state index in [1.807, 2.05) is 0 Å². The first kappa shape index (κ1) is 10.5. The summed E-state index contributed by atoms with van der Waals surface area (Å²) in [6.07, 6.45) is -7.03. The largest absolute Gasteiger partial charge is 0.391 e. The molecule has 5 heteroatoms. The van der Waals surface area contributed by atoms with E-state index in [-0.39, 0.29) is 6.29 Å². The van der Waals surface area contributed by atoms with Crippen LogP contribution in [0.3, 0.4) is 0 Å². The zero-order valence-corrected chi connectivity index (χ0v) is 6.01. The first-order valence-corrected chi connectivity index (χ1v) is 3.14. The highest BCUT2D eigenvalue weighted by atomic mass is 19.1. The fraction of sp³-hybridized carbons (Fsp3) is 0.833. The lowest BCUT2D eigenvalue weighted by atomic mass is 10.1. The number of hydrogen-bond donors (Lipinski definition) is 3. The Bertz CT molecular complexity index is 128. The first-order valence-electron chi connectivity index (χ1n) is 3.14. The number of hydrogen-bond acceptors (Lipinski definition) is 4. The molecule has 0 aromatic carbocycles. The van der Waals surface area contributed by atoms with Gasteiger partial charge in [0.05, 0.1) is 6.10 Å². The predicted molar refractivity (Wildman–Crippen MR) is 34.7 cm³/mol. The lowest BCUT2D eigenvalue weighted by Gasteiger charge is -2.19. The van der Waals surface area contributed by atoms with Crippen LogP contribution in [0.25, 0.3) is 0 Å². The molecular weight excluding hydrogens is 155 g/mol. The molecule has 0 bridgehead atoms. The van der Waals surface area contributed by atoms with Crippen LogP contribution in [0.1, 0.15) is 6.92 Å². The van der Waals surface area contributed by atoms with Crippen LogP contribution in [-0.2, 0) is 4.79 Å². The number of aliphatic hydroxyl groups is 3. The van der Waals surface area contributed by atoms with E-state index in [4.69, 9.17) is 15.3 Å². The Morgan fingerprint density at radius 3 is 2.00 bits per heavy atom. The Morgan fingerprint density at radius 2 is 1.73 bits per heavy atom. The molecule has 0 rings (SSSR count). The minimum atomic E-state index is -2.15. The van der Waals surface area contributed by atoms with Gasteiger partial charge in [-0.2, -0.15) is 0 Å². The molecule has 0 unspecified atom stereocenters. The second-order valence-electron chi connectivity index (χ2n) is 2.30. The number of halogens is 1. The van der Waals surface area contributed by atoms with E-state index in [1.54, 1.807) is 0 Å². The van der Waals surface area contributed by atoms with Gasteiger partial charge in [-0.25, -0.2) is 4.39 Å². The highest BCUT2D eigenvalue weighted by molar-refractivity contribution is 5.56. The summed E-state index contributed by atoms with van der Waals surface area (Å²) < 4.78 is 12.2. The van der Waals surface area contributed by atoms with Crippen LogP contribution >= 0.6 is 0 Å². The van der Waals surface area contributed by atoms with Gasteiger partial charge in [0.1, 0.15) is 12.2 Å². The van der Waals surface area contributed by atoms with Crippen molar-refractivity contribution in [2.24, 2.45) is 0 Å². The lowest BCUT2D eigenvalue weighted by Crippen LogP contribution is -2.42. The SMILES string of the molecule is C[C@H](O)[C@@H](O)[C@@H](O)[C@H](F)C=O. The Balaban J connectivity index is 4.00. The third kappa shape index (κ3) is 2.92. The minimum Gasteiger partial charge on any atom is -0.391 e. The van der Waals surface area contributed by atoms with E-state index in [9.17, 15) is 9.18 Å². The molecule has 4 nitrogen and oxygen atoms in total. The molecule has 0 fully saturated rings. The summed E-state index contributed by atoms with van der Waals surface area (Å²) in [5.41, 5.74) is 0. The summed E-state index contributed by atoms with van der Waals surface area (Å²) in [6, 6.07) is 0. The van der Waals surface area contributed by atoms with E-state index < -0.39 is 24.5 Å². The summed E-state index contributed by atoms with van der Waals surface area (Å²) in [6.45, 7) is 1.19. The van der Waals surface area contributed by atoms with Crippen LogP contribution in [0.5, 0.6) is 0 Å². The Labute approximate surface area is 63.3 Å². The molecule has 0 aromatic rings. The molecule has 0 saturated carbocycles. The predicted octanol–water partition coefficient (Wildman–Crippen LogP) is -1.37. The highest BCUT2D eigenvalue weighted by Crippen LogP contribution is 2.05. The monoisotopic (exact) mass is 166 g/mol. The van der Waals surface area contributed by atoms with Crippen LogP contribution in [-0.4, -0.2) is 46.1 Å². The van der Waals surface area contributed by atoms with Crippen molar-refractivity contribution in [1.29, 1.82) is 0 Å². The number of aliphatic hydroxyl groups excluding tert-OH is 3. The van der Waals surface area contributed by atoms with E-state index in [1.165, 1.54) is 6.92 Å². The van der Waals surface area contributed by atoms with Crippen molar-refractivity contribution in [3.8, 4) is 0 Å². The molecule has 0 aliphatic heterocycles. The third-order valence-corrected chi connectivity index (χ3v) is 1.30. The zero-order valence-electron chi connectivity index (χ0n) is 6.01. The maximum absolute atomic E-state index is 12.2. The summed E-state index contributed by atoms with van der Waals surface area (Å²) in [7, 11) is 0. The van der Waals surface area contributed by atoms with Gasteiger partial charge in [-0.1, -0.05) is 0 Å². The number of carbonyl (C=O) groups excluding carboxylic acids is 1. The molecule has 0 aromatic heterocycles. The molecule has 0 heterocycles. The third-order valence-electron chi connectivity index (χ3n) is 1.30. The quantitative estimate of drug-likeness (QED) is 0.450. The fourth-order valence-electron chi connectivity index (χ4n) is 0.554. The first-order chi connectivity index (χ1) is 5.00. The van der Waals surface area contributed by atoms with Gasteiger partial charge in [0, 0.05) is 0 Å². The molecule has 66 valence electrons. The van der Waals surface area contributed by atoms with Crippen LogP contribution in [0.15, 0.2) is 0 Å². The van der Waals surface area contributed by atoms with E-state index in [2.05, 4.69) is 0 Å². The van der Waals surface area contributed by atoms with Gasteiger partial charge < -0.3 is 20.1 Å². The van der Waals surface area contributed by atoms with Gasteiger partial charge in [-0.05, 0) is 6.92 Å². The normalized spacial score (nSPS) is 21.9. The van der Waals surface area contributed by atoms with Gasteiger partial charge in [-0.3, -0.25) is 0 Å². The zero-order chi connectivity index (χ0) is 9.02. The van der Waals surface area contributed by atoms with Crippen molar-refractivity contribution in [2.45, 2.75) is 31.4 Å². The summed E-state index contributed by atoms with van der Waals surface area (Å²) >= 11 is 0. The number of aldehydes is 1. The van der Waals surface area contributed by atoms with Gasteiger partial charge in [0.15, 0.2) is 12.5 Å². The van der Waals surface area contributed by atoms with Gasteiger partial charge in [-0.15, -0.1) is 0 Å². The Hall–Kier alpha value is -0.520. The van der Waals surface area contributed by atoms with Crippen molar-refractivity contribution in [3.05, 3.63) is 0 Å². The molecule has 0 radical (unpaired) electrons. The molecule has 0 aliphatic rings. The van der Waals surface area contributed by atoms with Gasteiger partial charge >= 0.3 is 0 Å². The molecule has 11 heavy (non-hydrogen) atoms. The summed E-state index contributed by atoms with van der Waals surface area (Å²) in [5.74, 6) is 0. The molecule has 0 amide bonds. The molecule has 0 saturated heterocycles. The van der Waals surface area contributed by atoms with Gasteiger partial charge in [0.2, 0.25) is 0 Å². The maximum atomic E-state index is 12.2. The highest BCUT2D eigenvalue weighted by Gasteiger charge is 2.28. The maximum Gasteiger partial charge on any atom is 0.183 e. The van der Waals surface area contributed by atoms with Crippen LogP contribution in [0.4, 0.5) is 4.39 Å². The number of rotatable bonds is 4.